The van der Waals surface area contributed by atoms with E-state index in [1.165, 1.54) is 12.8 Å². The van der Waals surface area contributed by atoms with Crippen LogP contribution in [0.1, 0.15) is 38.2 Å². The maximum Gasteiger partial charge on any atom is 0.240 e. The fraction of sp³-hybridized carbons (Fsp3) is 0.625. The van der Waals surface area contributed by atoms with Crippen molar-refractivity contribution in [2.75, 3.05) is 13.1 Å². The summed E-state index contributed by atoms with van der Waals surface area (Å²) in [6.45, 7) is 5.51. The Kier molecular flexibility index (Phi) is 5.79. The number of hydrogen-bond donors (Lipinski definition) is 2. The van der Waals surface area contributed by atoms with Crippen molar-refractivity contribution in [1.82, 2.24) is 10.0 Å². The van der Waals surface area contributed by atoms with Crippen LogP contribution in [0.3, 0.4) is 0 Å². The van der Waals surface area contributed by atoms with Crippen LogP contribution in [0, 0.1) is 12.8 Å². The molecule has 2 rings (SSSR count). The Bertz CT molecular complexity index is 538. The van der Waals surface area contributed by atoms with Crippen molar-refractivity contribution in [3.8, 4) is 0 Å². The van der Waals surface area contributed by atoms with Crippen LogP contribution in [-0.4, -0.2) is 27.5 Å². The molecule has 118 valence electrons. The Morgan fingerprint density at radius 2 is 1.81 bits per heavy atom. The summed E-state index contributed by atoms with van der Waals surface area (Å²) in [4.78, 5) is 0.351. The molecule has 21 heavy (non-hydrogen) atoms. The van der Waals surface area contributed by atoms with E-state index in [9.17, 15) is 8.42 Å². The number of hydrogen-bond acceptors (Lipinski definition) is 3. The number of sulfonamides is 1. The number of rotatable bonds is 6. The Balaban J connectivity index is 1.98. The Labute approximate surface area is 128 Å². The molecule has 0 aromatic heterocycles. The first-order valence-electron chi connectivity index (χ1n) is 7.82. The molecule has 0 saturated heterocycles. The average Bonchev–Trinajstić information content (AvgIpc) is 2.47. The summed E-state index contributed by atoms with van der Waals surface area (Å²) in [5, 5.41) is 3.48. The van der Waals surface area contributed by atoms with Crippen molar-refractivity contribution in [3.63, 3.8) is 0 Å². The molecule has 1 aliphatic carbocycles. The molecule has 0 bridgehead atoms. The topological polar surface area (TPSA) is 58.2 Å². The molecule has 1 aromatic rings. The molecule has 5 heteroatoms. The predicted molar refractivity (Wildman–Crippen MR) is 85.8 cm³/mol. The molecule has 1 fully saturated rings. The van der Waals surface area contributed by atoms with E-state index in [1.807, 2.05) is 19.1 Å². The minimum Gasteiger partial charge on any atom is -0.314 e. The van der Waals surface area contributed by atoms with Gasteiger partial charge in [-0.15, -0.1) is 0 Å². The normalized spacial score (nSPS) is 23.1. The molecule has 1 saturated carbocycles. The standard InChI is InChI=1S/C16H26N2O2S/c1-3-17-16-7-5-4-6-14(16)12-18-21(19,20)15-10-8-13(2)9-11-15/h8-11,14,16-18H,3-7,12H2,1-2H3/t14-,16-/m0/s1. The predicted octanol–water partition coefficient (Wildman–Crippen LogP) is 2.44. The van der Waals surface area contributed by atoms with Crippen molar-refractivity contribution >= 4 is 10.0 Å². The zero-order valence-electron chi connectivity index (χ0n) is 12.9. The Hall–Kier alpha value is -0.910. The first-order chi connectivity index (χ1) is 10.0. The summed E-state index contributed by atoms with van der Waals surface area (Å²) in [5.41, 5.74) is 1.06. The second-order valence-electron chi connectivity index (χ2n) is 5.87. The molecule has 0 radical (unpaired) electrons. The van der Waals surface area contributed by atoms with Crippen molar-refractivity contribution in [2.24, 2.45) is 5.92 Å². The van der Waals surface area contributed by atoms with E-state index >= 15 is 0 Å². The number of aryl methyl sites for hydroxylation is 1. The van der Waals surface area contributed by atoms with Crippen LogP contribution in [0.4, 0.5) is 0 Å². The highest BCUT2D eigenvalue weighted by Gasteiger charge is 2.26. The third kappa shape index (κ3) is 4.53. The molecule has 1 aromatic carbocycles. The summed E-state index contributed by atoms with van der Waals surface area (Å²) in [6.07, 6.45) is 4.66. The molecule has 0 heterocycles. The zero-order chi connectivity index (χ0) is 15.3. The lowest BCUT2D eigenvalue weighted by molar-refractivity contribution is 0.266. The summed E-state index contributed by atoms with van der Waals surface area (Å²) < 4.78 is 27.4. The zero-order valence-corrected chi connectivity index (χ0v) is 13.7. The number of nitrogens with one attached hydrogen (secondary N) is 2. The van der Waals surface area contributed by atoms with Crippen LogP contribution in [0.2, 0.25) is 0 Å². The van der Waals surface area contributed by atoms with Crippen LogP contribution in [0.25, 0.3) is 0 Å². The molecule has 4 nitrogen and oxygen atoms in total. The van der Waals surface area contributed by atoms with Crippen LogP contribution < -0.4 is 10.0 Å². The van der Waals surface area contributed by atoms with Gasteiger partial charge in [0.05, 0.1) is 4.90 Å². The highest BCUT2D eigenvalue weighted by molar-refractivity contribution is 7.89. The fourth-order valence-electron chi connectivity index (χ4n) is 3.00. The van der Waals surface area contributed by atoms with Gasteiger partial charge in [-0.1, -0.05) is 37.5 Å². The maximum atomic E-state index is 12.3. The van der Waals surface area contributed by atoms with E-state index in [4.69, 9.17) is 0 Å². The van der Waals surface area contributed by atoms with Crippen LogP contribution >= 0.6 is 0 Å². The lowest BCUT2D eigenvalue weighted by atomic mass is 9.84. The summed E-state index contributed by atoms with van der Waals surface area (Å²) in [5.74, 6) is 0.388. The van der Waals surface area contributed by atoms with Gasteiger partial charge in [0.1, 0.15) is 0 Å². The molecule has 0 amide bonds. The van der Waals surface area contributed by atoms with Crippen molar-refractivity contribution < 1.29 is 8.42 Å². The lowest BCUT2D eigenvalue weighted by Crippen LogP contribution is -2.44. The SMILES string of the molecule is CCN[C@H]1CCCC[C@H]1CNS(=O)(=O)c1ccc(C)cc1. The van der Waals surface area contributed by atoms with Crippen LogP contribution in [0.15, 0.2) is 29.2 Å². The van der Waals surface area contributed by atoms with Gasteiger partial charge in [-0.3, -0.25) is 0 Å². The fourth-order valence-corrected chi connectivity index (χ4v) is 4.09. The van der Waals surface area contributed by atoms with Crippen LogP contribution in [-0.2, 0) is 10.0 Å². The van der Waals surface area contributed by atoms with E-state index in [1.54, 1.807) is 12.1 Å². The van der Waals surface area contributed by atoms with Gasteiger partial charge >= 0.3 is 0 Å². The molecular weight excluding hydrogens is 284 g/mol. The molecule has 0 aliphatic heterocycles. The van der Waals surface area contributed by atoms with Gasteiger partial charge in [0.15, 0.2) is 0 Å². The third-order valence-corrected chi connectivity index (χ3v) is 5.68. The second-order valence-corrected chi connectivity index (χ2v) is 7.64. The Morgan fingerprint density at radius 1 is 1.14 bits per heavy atom. The minimum atomic E-state index is -3.39. The quantitative estimate of drug-likeness (QED) is 0.848. The molecule has 2 atom stereocenters. The summed E-state index contributed by atoms with van der Waals surface area (Å²) >= 11 is 0. The second kappa shape index (κ2) is 7.38. The smallest absolute Gasteiger partial charge is 0.240 e. The van der Waals surface area contributed by atoms with Gasteiger partial charge in [0.2, 0.25) is 10.0 Å². The molecular formula is C16H26N2O2S. The van der Waals surface area contributed by atoms with E-state index in [0.717, 1.165) is 24.9 Å². The van der Waals surface area contributed by atoms with Gasteiger partial charge in [-0.25, -0.2) is 13.1 Å². The Morgan fingerprint density at radius 3 is 2.48 bits per heavy atom. The van der Waals surface area contributed by atoms with Crippen molar-refractivity contribution in [2.45, 2.75) is 50.5 Å². The van der Waals surface area contributed by atoms with E-state index in [-0.39, 0.29) is 0 Å². The molecule has 1 aliphatic rings. The maximum absolute atomic E-state index is 12.3. The highest BCUT2D eigenvalue weighted by Crippen LogP contribution is 2.24. The molecule has 2 N–H and O–H groups in total. The van der Waals surface area contributed by atoms with Gasteiger partial charge in [0, 0.05) is 12.6 Å². The first-order valence-corrected chi connectivity index (χ1v) is 9.31. The van der Waals surface area contributed by atoms with Gasteiger partial charge in [-0.2, -0.15) is 0 Å². The van der Waals surface area contributed by atoms with Gasteiger partial charge < -0.3 is 5.32 Å². The van der Waals surface area contributed by atoms with Gasteiger partial charge in [-0.05, 0) is 44.4 Å². The van der Waals surface area contributed by atoms with Crippen LogP contribution in [0.5, 0.6) is 0 Å². The lowest BCUT2D eigenvalue weighted by Gasteiger charge is -2.32. The van der Waals surface area contributed by atoms with Gasteiger partial charge in [0.25, 0.3) is 0 Å². The van der Waals surface area contributed by atoms with Crippen molar-refractivity contribution in [1.29, 1.82) is 0 Å². The summed E-state index contributed by atoms with van der Waals surface area (Å²) in [7, 11) is -3.39. The van der Waals surface area contributed by atoms with Crippen molar-refractivity contribution in [3.05, 3.63) is 29.8 Å². The summed E-state index contributed by atoms with van der Waals surface area (Å²) in [6, 6.07) is 7.43. The molecule has 0 spiro atoms. The molecule has 0 unspecified atom stereocenters. The number of benzene rings is 1. The van der Waals surface area contributed by atoms with E-state index in [2.05, 4.69) is 17.0 Å². The highest BCUT2D eigenvalue weighted by atomic mass is 32.2. The monoisotopic (exact) mass is 310 g/mol. The first kappa shape index (κ1) is 16.5. The largest absolute Gasteiger partial charge is 0.314 e. The minimum absolute atomic E-state index is 0.351. The average molecular weight is 310 g/mol. The van der Waals surface area contributed by atoms with E-state index in [0.29, 0.717) is 23.4 Å². The van der Waals surface area contributed by atoms with E-state index < -0.39 is 10.0 Å². The third-order valence-electron chi connectivity index (χ3n) is 4.24.